The van der Waals surface area contributed by atoms with Crippen molar-refractivity contribution >= 4 is 6.09 Å². The van der Waals surface area contributed by atoms with Crippen LogP contribution in [0, 0.1) is 29.0 Å². The summed E-state index contributed by atoms with van der Waals surface area (Å²) in [6.45, 7) is 1.70. The van der Waals surface area contributed by atoms with E-state index in [2.05, 4.69) is 16.7 Å². The summed E-state index contributed by atoms with van der Waals surface area (Å²) in [5.41, 5.74) is -0.0812. The molecule has 0 bridgehead atoms. The van der Waals surface area contributed by atoms with E-state index in [9.17, 15) is 14.4 Å². The number of rotatable bonds is 4. The molecule has 3 atom stereocenters. The Morgan fingerprint density at radius 2 is 2.12 bits per heavy atom. The zero-order valence-corrected chi connectivity index (χ0v) is 15.1. The third-order valence-corrected chi connectivity index (χ3v) is 6.06. The number of hydrogen-bond donors (Lipinski definition) is 2. The molecule has 5 nitrogen and oxygen atoms in total. The highest BCUT2D eigenvalue weighted by Gasteiger charge is 2.52. The van der Waals surface area contributed by atoms with Gasteiger partial charge in [0.25, 0.3) is 0 Å². The van der Waals surface area contributed by atoms with Crippen molar-refractivity contribution in [3.8, 4) is 6.07 Å². The Morgan fingerprint density at radius 3 is 2.77 bits per heavy atom. The molecule has 1 aromatic rings. The van der Waals surface area contributed by atoms with Gasteiger partial charge in [-0.2, -0.15) is 5.26 Å². The Bertz CT molecular complexity index is 684. The second-order valence-corrected chi connectivity index (χ2v) is 7.30. The average molecular weight is 359 g/mol. The van der Waals surface area contributed by atoms with Crippen molar-refractivity contribution in [2.75, 3.05) is 20.2 Å². The van der Waals surface area contributed by atoms with Gasteiger partial charge in [-0.05, 0) is 62.4 Å². The lowest BCUT2D eigenvalue weighted by molar-refractivity contribution is 0.142. The number of piperidine rings is 1. The predicted octanol–water partition coefficient (Wildman–Crippen LogP) is 3.11. The molecule has 0 radical (unpaired) electrons. The number of ether oxygens (including phenoxy) is 1. The molecular weight excluding hydrogens is 333 g/mol. The molecule has 1 amide bonds. The van der Waals surface area contributed by atoms with E-state index in [4.69, 9.17) is 4.74 Å². The molecule has 2 aliphatic rings. The van der Waals surface area contributed by atoms with Crippen LogP contribution in [0.25, 0.3) is 0 Å². The lowest BCUT2D eigenvalue weighted by Gasteiger charge is -2.44. The molecular formula is C20H26FN3O2. The summed E-state index contributed by atoms with van der Waals surface area (Å²) in [5.74, 6) is -0.261. The topological polar surface area (TPSA) is 74.1 Å². The minimum absolute atomic E-state index is 0.0588. The summed E-state index contributed by atoms with van der Waals surface area (Å²) in [5, 5.41) is 16.7. The Kier molecular flexibility index (Phi) is 5.77. The zero-order valence-electron chi connectivity index (χ0n) is 15.1. The Morgan fingerprint density at radius 1 is 1.35 bits per heavy atom. The first-order chi connectivity index (χ1) is 12.6. The van der Waals surface area contributed by atoms with E-state index in [0.29, 0.717) is 0 Å². The van der Waals surface area contributed by atoms with Crippen molar-refractivity contribution in [1.82, 2.24) is 10.6 Å². The van der Waals surface area contributed by atoms with Crippen molar-refractivity contribution in [3.05, 3.63) is 35.6 Å². The van der Waals surface area contributed by atoms with Gasteiger partial charge in [0, 0.05) is 12.0 Å². The SMILES string of the molecule is COC(=O)NC1CCCC1C(C#N)(c1cccc(F)c1)C1CCNCC1. The van der Waals surface area contributed by atoms with E-state index in [1.807, 2.05) is 6.07 Å². The van der Waals surface area contributed by atoms with E-state index in [-0.39, 0.29) is 23.7 Å². The highest BCUT2D eigenvalue weighted by molar-refractivity contribution is 5.67. The maximum absolute atomic E-state index is 14.0. The van der Waals surface area contributed by atoms with E-state index >= 15 is 0 Å². The molecule has 1 aromatic carbocycles. The minimum Gasteiger partial charge on any atom is -0.453 e. The van der Waals surface area contributed by atoms with Crippen LogP contribution < -0.4 is 10.6 Å². The van der Waals surface area contributed by atoms with Gasteiger partial charge in [0.05, 0.1) is 18.6 Å². The fourth-order valence-electron chi connectivity index (χ4n) is 4.90. The second-order valence-electron chi connectivity index (χ2n) is 7.30. The van der Waals surface area contributed by atoms with E-state index < -0.39 is 11.5 Å². The number of alkyl carbamates (subject to hydrolysis) is 1. The van der Waals surface area contributed by atoms with Crippen LogP contribution in [-0.2, 0) is 10.2 Å². The number of carbonyl (C=O) groups is 1. The van der Waals surface area contributed by atoms with Gasteiger partial charge in [0.15, 0.2) is 0 Å². The van der Waals surface area contributed by atoms with Crippen LogP contribution in [0.2, 0.25) is 0 Å². The third-order valence-electron chi connectivity index (χ3n) is 6.06. The molecule has 0 aromatic heterocycles. The summed E-state index contributed by atoms with van der Waals surface area (Å²) < 4.78 is 18.8. The van der Waals surface area contributed by atoms with E-state index in [0.717, 1.165) is 50.8 Å². The summed E-state index contributed by atoms with van der Waals surface area (Å²) >= 11 is 0. The summed E-state index contributed by atoms with van der Waals surface area (Å²) in [6.07, 6.45) is 3.84. The number of carbonyl (C=O) groups excluding carboxylic acids is 1. The number of nitriles is 1. The van der Waals surface area contributed by atoms with Crippen molar-refractivity contribution in [3.63, 3.8) is 0 Å². The molecule has 2 N–H and O–H groups in total. The molecule has 26 heavy (non-hydrogen) atoms. The van der Waals surface area contributed by atoms with Crippen LogP contribution in [0.4, 0.5) is 9.18 Å². The number of amides is 1. The van der Waals surface area contributed by atoms with Crippen LogP contribution in [-0.4, -0.2) is 32.3 Å². The molecule has 140 valence electrons. The van der Waals surface area contributed by atoms with Gasteiger partial charge in [-0.25, -0.2) is 9.18 Å². The largest absolute Gasteiger partial charge is 0.453 e. The van der Waals surface area contributed by atoms with Gasteiger partial charge in [-0.3, -0.25) is 0 Å². The van der Waals surface area contributed by atoms with Gasteiger partial charge in [0.2, 0.25) is 0 Å². The maximum Gasteiger partial charge on any atom is 0.407 e. The van der Waals surface area contributed by atoms with Crippen molar-refractivity contribution in [2.45, 2.75) is 43.6 Å². The van der Waals surface area contributed by atoms with Crippen LogP contribution in [0.1, 0.15) is 37.7 Å². The summed E-state index contributed by atoms with van der Waals surface area (Å²) in [7, 11) is 1.34. The van der Waals surface area contributed by atoms with Gasteiger partial charge in [-0.15, -0.1) is 0 Å². The Hall–Kier alpha value is -2.13. The Balaban J connectivity index is 2.04. The standard InChI is InChI=1S/C20H26FN3O2/c1-26-19(25)24-18-7-3-6-17(18)20(13-22,14-8-10-23-11-9-14)15-4-2-5-16(21)12-15/h2,4-5,12,14,17-18,23H,3,6-11H2,1H3,(H,24,25). The quantitative estimate of drug-likeness (QED) is 0.866. The van der Waals surface area contributed by atoms with E-state index in [1.165, 1.54) is 19.2 Å². The second kappa shape index (κ2) is 8.05. The number of nitrogens with one attached hydrogen (secondary N) is 2. The molecule has 0 spiro atoms. The smallest absolute Gasteiger partial charge is 0.407 e. The molecule has 6 heteroatoms. The highest BCUT2D eigenvalue weighted by atomic mass is 19.1. The summed E-state index contributed by atoms with van der Waals surface area (Å²) in [4.78, 5) is 11.8. The fourth-order valence-corrected chi connectivity index (χ4v) is 4.90. The van der Waals surface area contributed by atoms with Crippen molar-refractivity contribution in [2.24, 2.45) is 11.8 Å². The fraction of sp³-hybridized carbons (Fsp3) is 0.600. The van der Waals surface area contributed by atoms with E-state index in [1.54, 1.807) is 6.07 Å². The normalized spacial score (nSPS) is 25.9. The highest BCUT2D eigenvalue weighted by Crippen LogP contribution is 2.49. The Labute approximate surface area is 153 Å². The van der Waals surface area contributed by atoms with Crippen LogP contribution >= 0.6 is 0 Å². The van der Waals surface area contributed by atoms with Crippen LogP contribution in [0.15, 0.2) is 24.3 Å². The predicted molar refractivity (Wildman–Crippen MR) is 96.0 cm³/mol. The zero-order chi connectivity index (χ0) is 18.6. The number of hydrogen-bond acceptors (Lipinski definition) is 4. The minimum atomic E-state index is -0.813. The first-order valence-electron chi connectivity index (χ1n) is 9.34. The average Bonchev–Trinajstić information content (AvgIpc) is 3.12. The first-order valence-corrected chi connectivity index (χ1v) is 9.34. The lowest BCUT2D eigenvalue weighted by Crippen LogP contribution is -2.52. The number of methoxy groups -OCH3 is 1. The van der Waals surface area contributed by atoms with Crippen LogP contribution in [0.5, 0.6) is 0 Å². The van der Waals surface area contributed by atoms with Gasteiger partial charge in [-0.1, -0.05) is 18.6 Å². The number of nitrogens with zero attached hydrogens (tertiary/aromatic N) is 1. The molecule has 1 saturated heterocycles. The van der Waals surface area contributed by atoms with Crippen molar-refractivity contribution < 1.29 is 13.9 Å². The van der Waals surface area contributed by atoms with Crippen LogP contribution in [0.3, 0.4) is 0 Å². The first kappa shape index (κ1) is 18.7. The monoisotopic (exact) mass is 359 g/mol. The van der Waals surface area contributed by atoms with Crippen molar-refractivity contribution in [1.29, 1.82) is 5.26 Å². The van der Waals surface area contributed by atoms with Gasteiger partial charge >= 0.3 is 6.09 Å². The number of halogens is 1. The molecule has 1 heterocycles. The lowest BCUT2D eigenvalue weighted by atomic mass is 9.59. The van der Waals surface area contributed by atoms with Gasteiger partial charge < -0.3 is 15.4 Å². The molecule has 3 rings (SSSR count). The third kappa shape index (κ3) is 3.41. The molecule has 2 fully saturated rings. The summed E-state index contributed by atoms with van der Waals surface area (Å²) in [6, 6.07) is 8.91. The molecule has 1 saturated carbocycles. The van der Waals surface area contributed by atoms with Gasteiger partial charge in [0.1, 0.15) is 5.82 Å². The molecule has 3 unspecified atom stereocenters. The maximum atomic E-state index is 14.0. The molecule has 1 aliphatic carbocycles. The number of benzene rings is 1. The molecule has 1 aliphatic heterocycles.